The molecule has 2 aromatic rings. The van der Waals surface area contributed by atoms with Crippen molar-refractivity contribution in [3.63, 3.8) is 0 Å². The third-order valence-electron chi connectivity index (χ3n) is 2.09. The summed E-state index contributed by atoms with van der Waals surface area (Å²) in [6.07, 6.45) is 0.744. The molecule has 0 radical (unpaired) electrons. The van der Waals surface area contributed by atoms with Gasteiger partial charge in [0.15, 0.2) is 0 Å². The van der Waals surface area contributed by atoms with Crippen molar-refractivity contribution in [1.29, 1.82) is 0 Å². The monoisotopic (exact) mass is 206 g/mol. The molecule has 1 aromatic carbocycles. The summed E-state index contributed by atoms with van der Waals surface area (Å²) in [5.41, 5.74) is 1.52. The maximum Gasteiger partial charge on any atom is 0.239 e. The fourth-order valence-electron chi connectivity index (χ4n) is 1.26. The van der Waals surface area contributed by atoms with Crippen molar-refractivity contribution in [1.82, 2.24) is 5.27 Å². The summed E-state index contributed by atoms with van der Waals surface area (Å²) in [6, 6.07) is 7.05. The van der Waals surface area contributed by atoms with Gasteiger partial charge in [0.25, 0.3) is 0 Å². The molecule has 78 valence electrons. The standard InChI is InChI=1S/C10H10N2O3/c1-7(13)8-2-4-9(5-3-8)12-6-10(14)15-11-12/h2-7,13H,1H3. The topological polar surface area (TPSA) is 73.2 Å². The minimum absolute atomic E-state index is 0.491. The molecule has 0 saturated heterocycles. The van der Waals surface area contributed by atoms with Gasteiger partial charge in [-0.1, -0.05) is 0 Å². The molecule has 0 aliphatic rings. The van der Waals surface area contributed by atoms with Crippen molar-refractivity contribution < 1.29 is 19.4 Å². The summed E-state index contributed by atoms with van der Waals surface area (Å²) < 4.78 is 5.75. The molecule has 1 heterocycles. The van der Waals surface area contributed by atoms with Crippen LogP contribution in [0.3, 0.4) is 0 Å². The lowest BCUT2D eigenvalue weighted by Gasteiger charge is -2.02. The zero-order valence-electron chi connectivity index (χ0n) is 8.12. The van der Waals surface area contributed by atoms with Gasteiger partial charge in [0.2, 0.25) is 11.9 Å². The summed E-state index contributed by atoms with van der Waals surface area (Å²) >= 11 is 0. The molecular formula is C10H10N2O3. The fraction of sp³-hybridized carbons (Fsp3) is 0.200. The van der Waals surface area contributed by atoms with Crippen molar-refractivity contribution in [2.24, 2.45) is 0 Å². The van der Waals surface area contributed by atoms with Crippen LogP contribution in [0.1, 0.15) is 18.6 Å². The Morgan fingerprint density at radius 3 is 2.53 bits per heavy atom. The van der Waals surface area contributed by atoms with E-state index in [2.05, 4.69) is 9.79 Å². The highest BCUT2D eigenvalue weighted by Crippen LogP contribution is 2.12. The second kappa shape index (κ2) is 3.70. The van der Waals surface area contributed by atoms with E-state index in [1.165, 1.54) is 10.9 Å². The van der Waals surface area contributed by atoms with Crippen molar-refractivity contribution in [3.05, 3.63) is 36.0 Å². The zero-order chi connectivity index (χ0) is 10.8. The lowest BCUT2D eigenvalue weighted by molar-refractivity contribution is -0.670. The number of nitrogens with zero attached hydrogens (tertiary/aromatic N) is 2. The Bertz CT molecular complexity index is 448. The molecule has 0 aliphatic carbocycles. The Morgan fingerprint density at radius 1 is 1.40 bits per heavy atom. The highest BCUT2D eigenvalue weighted by molar-refractivity contribution is 5.28. The van der Waals surface area contributed by atoms with E-state index < -0.39 is 12.1 Å². The van der Waals surface area contributed by atoms with Crippen LogP contribution in [0.5, 0.6) is 5.95 Å². The van der Waals surface area contributed by atoms with E-state index in [4.69, 9.17) is 0 Å². The molecule has 1 atom stereocenters. The molecule has 5 nitrogen and oxygen atoms in total. The van der Waals surface area contributed by atoms with Gasteiger partial charge in [0.05, 0.1) is 11.4 Å². The number of aliphatic hydroxyl groups excluding tert-OH is 1. The average molecular weight is 206 g/mol. The number of benzene rings is 1. The molecule has 0 fully saturated rings. The van der Waals surface area contributed by atoms with Crippen LogP contribution < -0.4 is 9.79 Å². The Hall–Kier alpha value is -1.88. The maximum absolute atomic E-state index is 10.7. The SMILES string of the molecule is CC(O)c1ccc(-[n+]2cc([O-])on2)cc1. The van der Waals surface area contributed by atoms with Crippen molar-refractivity contribution >= 4 is 0 Å². The number of hydrogen-bond acceptors (Lipinski definition) is 4. The third-order valence-corrected chi connectivity index (χ3v) is 2.09. The van der Waals surface area contributed by atoms with Crippen molar-refractivity contribution in [2.75, 3.05) is 0 Å². The van der Waals surface area contributed by atoms with Gasteiger partial charge < -0.3 is 14.7 Å². The molecule has 0 saturated carbocycles. The molecule has 0 aliphatic heterocycles. The van der Waals surface area contributed by atoms with Gasteiger partial charge in [0.1, 0.15) is 5.95 Å². The average Bonchev–Trinajstić information content (AvgIpc) is 2.65. The first kappa shape index (κ1) is 9.67. The van der Waals surface area contributed by atoms with Gasteiger partial charge in [-0.25, -0.2) is 0 Å². The van der Waals surface area contributed by atoms with Gasteiger partial charge in [-0.05, 0) is 29.3 Å². The lowest BCUT2D eigenvalue weighted by Crippen LogP contribution is -2.31. The highest BCUT2D eigenvalue weighted by Gasteiger charge is 2.09. The maximum atomic E-state index is 10.7. The normalized spacial score (nSPS) is 12.7. The van der Waals surface area contributed by atoms with Crippen molar-refractivity contribution in [2.45, 2.75) is 13.0 Å². The molecular weight excluding hydrogens is 196 g/mol. The van der Waals surface area contributed by atoms with Gasteiger partial charge in [-0.2, -0.15) is 0 Å². The van der Waals surface area contributed by atoms with E-state index in [9.17, 15) is 10.2 Å². The van der Waals surface area contributed by atoms with E-state index >= 15 is 0 Å². The smallest absolute Gasteiger partial charge is 0.239 e. The van der Waals surface area contributed by atoms with Crippen LogP contribution in [0, 0.1) is 0 Å². The zero-order valence-corrected chi connectivity index (χ0v) is 8.12. The molecule has 0 bridgehead atoms. The second-order valence-corrected chi connectivity index (χ2v) is 3.23. The van der Waals surface area contributed by atoms with Gasteiger partial charge in [-0.15, -0.1) is 0 Å². The summed E-state index contributed by atoms with van der Waals surface area (Å²) in [5.74, 6) is -0.491. The summed E-state index contributed by atoms with van der Waals surface area (Å²) in [5, 5.41) is 23.6. The van der Waals surface area contributed by atoms with Gasteiger partial charge >= 0.3 is 0 Å². The summed E-state index contributed by atoms with van der Waals surface area (Å²) in [6.45, 7) is 1.69. The van der Waals surface area contributed by atoms with E-state index in [1.807, 2.05) is 0 Å². The Balaban J connectivity index is 2.31. The Labute approximate surface area is 86.2 Å². The lowest BCUT2D eigenvalue weighted by atomic mass is 10.1. The van der Waals surface area contributed by atoms with Crippen LogP contribution >= 0.6 is 0 Å². The Morgan fingerprint density at radius 2 is 2.07 bits per heavy atom. The minimum atomic E-state index is -0.503. The number of aliphatic hydroxyl groups is 1. The number of aromatic nitrogens is 2. The molecule has 1 unspecified atom stereocenters. The van der Waals surface area contributed by atoms with Crippen LogP contribution in [0.4, 0.5) is 0 Å². The number of rotatable bonds is 2. The van der Waals surface area contributed by atoms with Crippen LogP contribution in [0.15, 0.2) is 35.0 Å². The summed E-state index contributed by atoms with van der Waals surface area (Å²) in [7, 11) is 0. The van der Waals surface area contributed by atoms with E-state index in [-0.39, 0.29) is 0 Å². The molecule has 1 aromatic heterocycles. The Kier molecular flexibility index (Phi) is 2.39. The molecule has 0 spiro atoms. The second-order valence-electron chi connectivity index (χ2n) is 3.23. The molecule has 2 rings (SSSR count). The number of hydrogen-bond donors (Lipinski definition) is 1. The molecule has 0 amide bonds. The van der Waals surface area contributed by atoms with Gasteiger partial charge in [-0.3, -0.25) is 0 Å². The largest absolute Gasteiger partial charge is 0.539 e. The predicted octanol–water partition coefficient (Wildman–Crippen LogP) is 0.0782. The molecule has 1 N–H and O–H groups in total. The minimum Gasteiger partial charge on any atom is -0.539 e. The first-order chi connectivity index (χ1) is 7.16. The van der Waals surface area contributed by atoms with E-state index in [0.29, 0.717) is 5.69 Å². The van der Waals surface area contributed by atoms with Crippen LogP contribution in [0.2, 0.25) is 0 Å². The quantitative estimate of drug-likeness (QED) is 0.706. The molecule has 15 heavy (non-hydrogen) atoms. The van der Waals surface area contributed by atoms with Crippen molar-refractivity contribution in [3.8, 4) is 11.6 Å². The summed E-state index contributed by atoms with van der Waals surface area (Å²) in [4.78, 5) is 0. The molecule has 5 heteroatoms. The van der Waals surface area contributed by atoms with E-state index in [0.717, 1.165) is 5.56 Å². The predicted molar refractivity (Wildman–Crippen MR) is 48.1 cm³/mol. The van der Waals surface area contributed by atoms with Crippen LogP contribution in [-0.2, 0) is 0 Å². The van der Waals surface area contributed by atoms with Crippen LogP contribution in [0.25, 0.3) is 5.69 Å². The first-order valence-electron chi connectivity index (χ1n) is 4.51. The first-order valence-corrected chi connectivity index (χ1v) is 4.51. The fourth-order valence-corrected chi connectivity index (χ4v) is 1.26. The van der Waals surface area contributed by atoms with Crippen LogP contribution in [-0.4, -0.2) is 10.4 Å². The third kappa shape index (κ3) is 1.97. The van der Waals surface area contributed by atoms with Gasteiger partial charge in [0, 0.05) is 12.1 Å². The highest BCUT2D eigenvalue weighted by atomic mass is 16.6. The van der Waals surface area contributed by atoms with E-state index in [1.54, 1.807) is 31.2 Å².